The molecule has 3 nitrogen and oxygen atoms in total. The van der Waals surface area contributed by atoms with Crippen molar-refractivity contribution in [3.63, 3.8) is 0 Å². The minimum atomic E-state index is 0.384. The molecule has 3 heteroatoms. The monoisotopic (exact) mass is 212 g/mol. The Morgan fingerprint density at radius 2 is 1.80 bits per heavy atom. The zero-order chi connectivity index (χ0) is 10.5. The molecule has 1 saturated carbocycles. The van der Waals surface area contributed by atoms with Crippen LogP contribution in [0.25, 0.3) is 0 Å². The van der Waals surface area contributed by atoms with Crippen LogP contribution in [0.3, 0.4) is 0 Å². The smallest absolute Gasteiger partial charge is 0.0474 e. The van der Waals surface area contributed by atoms with Crippen LogP contribution in [0.4, 0.5) is 0 Å². The average molecular weight is 212 g/mol. The Morgan fingerprint density at radius 3 is 2.53 bits per heavy atom. The summed E-state index contributed by atoms with van der Waals surface area (Å²) in [6.07, 6.45) is 6.55. The molecule has 15 heavy (non-hydrogen) atoms. The van der Waals surface area contributed by atoms with E-state index in [-0.39, 0.29) is 0 Å². The average Bonchev–Trinajstić information content (AvgIpc) is 2.55. The summed E-state index contributed by atoms with van der Waals surface area (Å²) in [6, 6.07) is 0.652. The molecule has 2 fully saturated rings. The van der Waals surface area contributed by atoms with E-state index in [1.165, 1.54) is 45.2 Å². The van der Waals surface area contributed by atoms with Gasteiger partial charge in [0.15, 0.2) is 0 Å². The van der Waals surface area contributed by atoms with E-state index in [2.05, 4.69) is 10.2 Å². The molecule has 0 aromatic carbocycles. The number of aliphatic hydroxyl groups excluding tert-OH is 1. The van der Waals surface area contributed by atoms with Crippen LogP contribution in [-0.4, -0.2) is 48.8 Å². The summed E-state index contributed by atoms with van der Waals surface area (Å²) in [4.78, 5) is 2.60. The minimum absolute atomic E-state index is 0.384. The van der Waals surface area contributed by atoms with Crippen molar-refractivity contribution in [3.05, 3.63) is 0 Å². The van der Waals surface area contributed by atoms with Gasteiger partial charge in [-0.2, -0.15) is 0 Å². The molecule has 2 rings (SSSR count). The van der Waals surface area contributed by atoms with Crippen LogP contribution in [-0.2, 0) is 0 Å². The van der Waals surface area contributed by atoms with Crippen LogP contribution >= 0.6 is 0 Å². The molecule has 2 unspecified atom stereocenters. The number of nitrogens with zero attached hydrogens (tertiary/aromatic N) is 1. The molecule has 1 heterocycles. The van der Waals surface area contributed by atoms with Gasteiger partial charge >= 0.3 is 0 Å². The van der Waals surface area contributed by atoms with Gasteiger partial charge in [0, 0.05) is 38.8 Å². The van der Waals surface area contributed by atoms with Crippen LogP contribution in [0.1, 0.15) is 32.1 Å². The summed E-state index contributed by atoms with van der Waals surface area (Å²) in [7, 11) is 0. The van der Waals surface area contributed by atoms with Gasteiger partial charge in [0.2, 0.25) is 0 Å². The lowest BCUT2D eigenvalue weighted by molar-refractivity contribution is 0.0812. The molecule has 1 aliphatic carbocycles. The zero-order valence-corrected chi connectivity index (χ0v) is 9.62. The number of nitrogens with one attached hydrogen (secondary N) is 1. The van der Waals surface area contributed by atoms with E-state index in [4.69, 9.17) is 0 Å². The van der Waals surface area contributed by atoms with Gasteiger partial charge in [0.25, 0.3) is 0 Å². The summed E-state index contributed by atoms with van der Waals surface area (Å²) in [5.41, 5.74) is 0. The molecule has 0 bridgehead atoms. The molecule has 88 valence electrons. The summed E-state index contributed by atoms with van der Waals surface area (Å²) in [6.45, 7) is 4.96. The molecular weight excluding hydrogens is 188 g/mol. The zero-order valence-electron chi connectivity index (χ0n) is 9.62. The fourth-order valence-corrected chi connectivity index (χ4v) is 3.07. The number of piperazine rings is 1. The number of hydrogen-bond donors (Lipinski definition) is 2. The molecule has 0 radical (unpaired) electrons. The van der Waals surface area contributed by atoms with Crippen LogP contribution in [0.5, 0.6) is 0 Å². The molecule has 2 atom stereocenters. The normalized spacial score (nSPS) is 35.0. The quantitative estimate of drug-likeness (QED) is 0.666. The fraction of sp³-hybridized carbons (Fsp3) is 1.00. The van der Waals surface area contributed by atoms with E-state index in [1.807, 2.05) is 0 Å². The lowest BCUT2D eigenvalue weighted by Gasteiger charge is -2.38. The van der Waals surface area contributed by atoms with Gasteiger partial charge < -0.3 is 10.4 Å². The summed E-state index contributed by atoms with van der Waals surface area (Å²) < 4.78 is 0. The second kappa shape index (κ2) is 5.83. The summed E-state index contributed by atoms with van der Waals surface area (Å²) in [5, 5.41) is 12.9. The van der Waals surface area contributed by atoms with Gasteiger partial charge in [-0.05, 0) is 18.8 Å². The van der Waals surface area contributed by atoms with E-state index >= 15 is 0 Å². The Labute approximate surface area is 92.8 Å². The molecule has 2 N–H and O–H groups in total. The van der Waals surface area contributed by atoms with Crippen LogP contribution in [0.15, 0.2) is 0 Å². The van der Waals surface area contributed by atoms with E-state index in [0.29, 0.717) is 18.6 Å². The molecule has 1 aliphatic heterocycles. The predicted molar refractivity (Wildman–Crippen MR) is 61.9 cm³/mol. The second-order valence-electron chi connectivity index (χ2n) is 4.93. The first-order valence-corrected chi connectivity index (χ1v) is 6.47. The van der Waals surface area contributed by atoms with Gasteiger partial charge in [-0.3, -0.25) is 4.90 Å². The van der Waals surface area contributed by atoms with Crippen molar-refractivity contribution in [3.8, 4) is 0 Å². The first-order chi connectivity index (χ1) is 7.42. The van der Waals surface area contributed by atoms with Crippen molar-refractivity contribution in [2.75, 3.05) is 32.8 Å². The van der Waals surface area contributed by atoms with E-state index in [9.17, 15) is 5.11 Å². The molecule has 0 amide bonds. The van der Waals surface area contributed by atoms with Crippen molar-refractivity contribution in [1.29, 1.82) is 0 Å². The minimum Gasteiger partial charge on any atom is -0.396 e. The number of aliphatic hydroxyl groups is 1. The molecule has 2 aliphatic rings. The maximum atomic E-state index is 9.47. The fourth-order valence-electron chi connectivity index (χ4n) is 3.07. The highest BCUT2D eigenvalue weighted by atomic mass is 16.3. The Balaban J connectivity index is 1.95. The SMILES string of the molecule is OCC1CCCCCC1N1CCNCC1. The Morgan fingerprint density at radius 1 is 1.07 bits per heavy atom. The first-order valence-electron chi connectivity index (χ1n) is 6.47. The van der Waals surface area contributed by atoms with Crippen molar-refractivity contribution < 1.29 is 5.11 Å². The Bertz CT molecular complexity index is 180. The summed E-state index contributed by atoms with van der Waals surface area (Å²) >= 11 is 0. The number of hydrogen-bond acceptors (Lipinski definition) is 3. The van der Waals surface area contributed by atoms with Crippen molar-refractivity contribution in [1.82, 2.24) is 10.2 Å². The third-order valence-corrected chi connectivity index (χ3v) is 3.97. The van der Waals surface area contributed by atoms with E-state index in [0.717, 1.165) is 13.1 Å². The van der Waals surface area contributed by atoms with E-state index in [1.54, 1.807) is 0 Å². The van der Waals surface area contributed by atoms with Crippen molar-refractivity contribution in [2.24, 2.45) is 5.92 Å². The predicted octanol–water partition coefficient (Wildman–Crippen LogP) is 0.833. The molecule has 0 spiro atoms. The van der Waals surface area contributed by atoms with E-state index < -0.39 is 0 Å². The first kappa shape index (κ1) is 11.4. The van der Waals surface area contributed by atoms with Gasteiger partial charge in [0.1, 0.15) is 0 Å². The van der Waals surface area contributed by atoms with Crippen LogP contribution in [0, 0.1) is 5.92 Å². The van der Waals surface area contributed by atoms with Crippen LogP contribution in [0.2, 0.25) is 0 Å². The van der Waals surface area contributed by atoms with Gasteiger partial charge in [-0.1, -0.05) is 19.3 Å². The lowest BCUT2D eigenvalue weighted by atomic mass is 9.94. The van der Waals surface area contributed by atoms with Gasteiger partial charge in [0.05, 0.1) is 0 Å². The third-order valence-electron chi connectivity index (χ3n) is 3.97. The molecule has 0 aromatic heterocycles. The lowest BCUT2D eigenvalue weighted by Crippen LogP contribution is -2.51. The summed E-state index contributed by atoms with van der Waals surface area (Å²) in [5.74, 6) is 0.533. The third kappa shape index (κ3) is 2.92. The van der Waals surface area contributed by atoms with Gasteiger partial charge in [-0.15, -0.1) is 0 Å². The van der Waals surface area contributed by atoms with Crippen molar-refractivity contribution >= 4 is 0 Å². The standard InChI is InChI=1S/C12H24N2O/c15-10-11-4-2-1-3-5-12(11)14-8-6-13-7-9-14/h11-13,15H,1-10H2. The highest BCUT2D eigenvalue weighted by Crippen LogP contribution is 2.27. The maximum Gasteiger partial charge on any atom is 0.0474 e. The Hall–Kier alpha value is -0.120. The molecular formula is C12H24N2O. The maximum absolute atomic E-state index is 9.47. The Kier molecular flexibility index (Phi) is 4.42. The largest absolute Gasteiger partial charge is 0.396 e. The van der Waals surface area contributed by atoms with Crippen molar-refractivity contribution in [2.45, 2.75) is 38.1 Å². The molecule has 0 aromatic rings. The molecule has 1 saturated heterocycles. The van der Waals surface area contributed by atoms with Gasteiger partial charge in [-0.25, -0.2) is 0 Å². The van der Waals surface area contributed by atoms with Crippen LogP contribution < -0.4 is 5.32 Å². The second-order valence-corrected chi connectivity index (χ2v) is 4.93. The topological polar surface area (TPSA) is 35.5 Å². The highest BCUT2D eigenvalue weighted by molar-refractivity contribution is 4.84. The number of rotatable bonds is 2. The highest BCUT2D eigenvalue weighted by Gasteiger charge is 2.28.